The summed E-state index contributed by atoms with van der Waals surface area (Å²) in [7, 11) is -2.46. The van der Waals surface area contributed by atoms with Gasteiger partial charge in [0.25, 0.3) is 0 Å². The molecule has 1 aliphatic heterocycles. The molecular formula is C11H17ClN2O4S2. The van der Waals surface area contributed by atoms with Crippen LogP contribution in [0.5, 0.6) is 0 Å². The monoisotopic (exact) mass is 340 g/mol. The number of ether oxygens (including phenoxy) is 1. The number of thiophene rings is 1. The minimum Gasteiger partial charge on any atom is -0.465 e. The van der Waals surface area contributed by atoms with Crippen LogP contribution in [-0.4, -0.2) is 44.9 Å². The molecule has 6 nitrogen and oxygen atoms in total. The Balaban J connectivity index is 0.00000200. The summed E-state index contributed by atoms with van der Waals surface area (Å²) in [6.07, 6.45) is 0. The van der Waals surface area contributed by atoms with E-state index >= 15 is 0 Å². The van der Waals surface area contributed by atoms with Crippen LogP contribution < -0.4 is 5.73 Å². The van der Waals surface area contributed by atoms with Crippen LogP contribution in [0.2, 0.25) is 0 Å². The van der Waals surface area contributed by atoms with Crippen LogP contribution in [0, 0.1) is 5.92 Å². The predicted molar refractivity (Wildman–Crippen MR) is 78.8 cm³/mol. The summed E-state index contributed by atoms with van der Waals surface area (Å²) in [6.45, 7) is 2.56. The third-order valence-electron chi connectivity index (χ3n) is 3.25. The fourth-order valence-corrected chi connectivity index (χ4v) is 4.91. The molecule has 2 heterocycles. The zero-order valence-electron chi connectivity index (χ0n) is 11.1. The van der Waals surface area contributed by atoms with Gasteiger partial charge in [0.15, 0.2) is 0 Å². The quantitative estimate of drug-likeness (QED) is 0.826. The zero-order valence-corrected chi connectivity index (χ0v) is 13.6. The number of methoxy groups -OCH3 is 1. The van der Waals surface area contributed by atoms with Gasteiger partial charge in [0, 0.05) is 19.1 Å². The average Bonchev–Trinajstić information content (AvgIpc) is 2.97. The molecule has 1 saturated heterocycles. The third kappa shape index (κ3) is 2.99. The lowest BCUT2D eigenvalue weighted by Crippen LogP contribution is -2.32. The first kappa shape index (κ1) is 17.4. The smallest absolute Gasteiger partial charge is 0.349 e. The van der Waals surface area contributed by atoms with Crippen molar-refractivity contribution in [1.82, 2.24) is 4.31 Å². The SMILES string of the molecule is COC(=O)c1sccc1S(=O)(=O)N1CC(C)C(N)C1.Cl. The topological polar surface area (TPSA) is 89.7 Å². The van der Waals surface area contributed by atoms with E-state index in [1.807, 2.05) is 6.92 Å². The number of sulfonamides is 1. The molecule has 0 aromatic carbocycles. The Morgan fingerprint density at radius 1 is 1.50 bits per heavy atom. The minimum absolute atomic E-state index is 0. The van der Waals surface area contributed by atoms with E-state index < -0.39 is 16.0 Å². The first-order valence-electron chi connectivity index (χ1n) is 5.79. The zero-order chi connectivity index (χ0) is 14.2. The lowest BCUT2D eigenvalue weighted by molar-refractivity contribution is 0.0602. The van der Waals surface area contributed by atoms with Gasteiger partial charge in [-0.05, 0) is 17.4 Å². The molecule has 114 valence electrons. The van der Waals surface area contributed by atoms with E-state index in [0.29, 0.717) is 6.54 Å². The van der Waals surface area contributed by atoms with E-state index in [2.05, 4.69) is 4.74 Å². The summed E-state index contributed by atoms with van der Waals surface area (Å²) >= 11 is 1.06. The molecule has 0 bridgehead atoms. The molecule has 0 amide bonds. The number of carbonyl (C=O) groups excluding carboxylic acids is 1. The molecule has 2 unspecified atom stereocenters. The summed E-state index contributed by atoms with van der Waals surface area (Å²) < 4.78 is 30.9. The van der Waals surface area contributed by atoms with Gasteiger partial charge in [0.1, 0.15) is 9.77 Å². The second-order valence-corrected chi connectivity index (χ2v) is 7.39. The van der Waals surface area contributed by atoms with Crippen molar-refractivity contribution in [3.63, 3.8) is 0 Å². The molecular weight excluding hydrogens is 324 g/mol. The lowest BCUT2D eigenvalue weighted by atomic mass is 10.1. The molecule has 1 fully saturated rings. The van der Waals surface area contributed by atoms with Crippen LogP contribution in [0.15, 0.2) is 16.3 Å². The maximum absolute atomic E-state index is 12.5. The molecule has 1 aromatic heterocycles. The summed E-state index contributed by atoms with van der Waals surface area (Å²) in [6, 6.07) is 1.26. The minimum atomic E-state index is -3.68. The molecule has 2 N–H and O–H groups in total. The highest BCUT2D eigenvalue weighted by atomic mass is 35.5. The lowest BCUT2D eigenvalue weighted by Gasteiger charge is -2.15. The molecule has 0 aliphatic carbocycles. The van der Waals surface area contributed by atoms with Crippen molar-refractivity contribution in [1.29, 1.82) is 0 Å². The van der Waals surface area contributed by atoms with E-state index in [-0.39, 0.29) is 40.7 Å². The van der Waals surface area contributed by atoms with E-state index in [1.54, 1.807) is 5.38 Å². The van der Waals surface area contributed by atoms with E-state index in [9.17, 15) is 13.2 Å². The standard InChI is InChI=1S/C11H16N2O4S2.ClH/c1-7-5-13(6-8(7)12)19(15,16)9-3-4-18-10(9)11(14)17-2;/h3-4,7-8H,5-6,12H2,1-2H3;1H. The van der Waals surface area contributed by atoms with E-state index in [0.717, 1.165) is 11.3 Å². The van der Waals surface area contributed by atoms with Crippen molar-refractivity contribution >= 4 is 39.7 Å². The van der Waals surface area contributed by atoms with Gasteiger partial charge in [-0.2, -0.15) is 4.31 Å². The average molecular weight is 341 g/mol. The van der Waals surface area contributed by atoms with Gasteiger partial charge in [-0.3, -0.25) is 0 Å². The second-order valence-electron chi connectivity index (χ2n) is 4.57. The summed E-state index contributed by atoms with van der Waals surface area (Å²) in [5, 5.41) is 1.57. The second kappa shape index (κ2) is 6.40. The van der Waals surface area contributed by atoms with Crippen molar-refractivity contribution < 1.29 is 17.9 Å². The number of esters is 1. The van der Waals surface area contributed by atoms with Crippen molar-refractivity contribution in [2.24, 2.45) is 11.7 Å². The van der Waals surface area contributed by atoms with Gasteiger partial charge in [-0.15, -0.1) is 23.7 Å². The Labute approximate surface area is 128 Å². The summed E-state index contributed by atoms with van der Waals surface area (Å²) in [4.78, 5) is 11.7. The van der Waals surface area contributed by atoms with Gasteiger partial charge < -0.3 is 10.5 Å². The maximum atomic E-state index is 12.5. The molecule has 0 radical (unpaired) electrons. The van der Waals surface area contributed by atoms with Crippen LogP contribution in [0.4, 0.5) is 0 Å². The van der Waals surface area contributed by atoms with Gasteiger partial charge in [-0.1, -0.05) is 6.92 Å². The van der Waals surface area contributed by atoms with Crippen LogP contribution in [-0.2, 0) is 14.8 Å². The number of halogens is 1. The van der Waals surface area contributed by atoms with Crippen LogP contribution in [0.25, 0.3) is 0 Å². The normalized spacial score (nSPS) is 23.4. The van der Waals surface area contributed by atoms with Gasteiger partial charge in [-0.25, -0.2) is 13.2 Å². The van der Waals surface area contributed by atoms with Crippen molar-refractivity contribution in [3.8, 4) is 0 Å². The molecule has 20 heavy (non-hydrogen) atoms. The van der Waals surface area contributed by atoms with E-state index in [1.165, 1.54) is 17.5 Å². The van der Waals surface area contributed by atoms with E-state index in [4.69, 9.17) is 5.73 Å². The Bertz CT molecular complexity index is 577. The molecule has 1 aliphatic rings. The third-order valence-corrected chi connectivity index (χ3v) is 6.15. The van der Waals surface area contributed by atoms with Crippen molar-refractivity contribution in [2.45, 2.75) is 17.9 Å². The Morgan fingerprint density at radius 3 is 2.65 bits per heavy atom. The fourth-order valence-electron chi connectivity index (χ4n) is 2.02. The molecule has 1 aromatic rings. The number of carbonyl (C=O) groups is 1. The Kier molecular flexibility index (Phi) is 5.56. The largest absolute Gasteiger partial charge is 0.465 e. The number of hydrogen-bond donors (Lipinski definition) is 1. The van der Waals surface area contributed by atoms with Gasteiger partial charge in [0.05, 0.1) is 7.11 Å². The summed E-state index contributed by atoms with van der Waals surface area (Å²) in [5.74, 6) is -0.528. The highest BCUT2D eigenvalue weighted by Crippen LogP contribution is 2.29. The van der Waals surface area contributed by atoms with Crippen LogP contribution in [0.1, 0.15) is 16.6 Å². The molecule has 9 heteroatoms. The summed E-state index contributed by atoms with van der Waals surface area (Å²) in [5.41, 5.74) is 5.85. The van der Waals surface area contributed by atoms with Crippen LogP contribution in [0.3, 0.4) is 0 Å². The first-order chi connectivity index (χ1) is 8.87. The van der Waals surface area contributed by atoms with Crippen molar-refractivity contribution in [3.05, 3.63) is 16.3 Å². The number of rotatable bonds is 3. The first-order valence-corrected chi connectivity index (χ1v) is 8.11. The number of nitrogens with zero attached hydrogens (tertiary/aromatic N) is 1. The Hall–Kier alpha value is -0.670. The van der Waals surface area contributed by atoms with Crippen molar-refractivity contribution in [2.75, 3.05) is 20.2 Å². The molecule has 0 spiro atoms. The van der Waals surface area contributed by atoms with Crippen LogP contribution >= 0.6 is 23.7 Å². The number of hydrogen-bond acceptors (Lipinski definition) is 6. The van der Waals surface area contributed by atoms with Gasteiger partial charge >= 0.3 is 5.97 Å². The molecule has 2 atom stereocenters. The Morgan fingerprint density at radius 2 is 2.15 bits per heavy atom. The maximum Gasteiger partial charge on any atom is 0.349 e. The molecule has 2 rings (SSSR count). The predicted octanol–water partition coefficient (Wildman–Crippen LogP) is 0.924. The fraction of sp³-hybridized carbons (Fsp3) is 0.545. The number of nitrogens with two attached hydrogens (primary N) is 1. The van der Waals surface area contributed by atoms with Gasteiger partial charge in [0.2, 0.25) is 10.0 Å². The highest BCUT2D eigenvalue weighted by Gasteiger charge is 2.37. The highest BCUT2D eigenvalue weighted by molar-refractivity contribution is 7.89. The molecule has 0 saturated carbocycles.